The van der Waals surface area contributed by atoms with Gasteiger partial charge in [-0.2, -0.15) is 0 Å². The minimum atomic E-state index is -0.159. The summed E-state index contributed by atoms with van der Waals surface area (Å²) in [7, 11) is 0. The molecule has 2 heteroatoms. The monoisotopic (exact) mass is 180 g/mol. The Hall–Kier alpha value is -1.05. The molecule has 1 rings (SSSR count). The molecule has 2 nitrogen and oxygen atoms in total. The van der Waals surface area contributed by atoms with Crippen LogP contribution in [0, 0.1) is 0 Å². The van der Waals surface area contributed by atoms with Gasteiger partial charge in [0.25, 0.3) is 0 Å². The van der Waals surface area contributed by atoms with Crippen LogP contribution in [0.2, 0.25) is 0 Å². The lowest BCUT2D eigenvalue weighted by molar-refractivity contribution is 0.496. The summed E-state index contributed by atoms with van der Waals surface area (Å²) in [5, 5.41) is 0. The van der Waals surface area contributed by atoms with Crippen LogP contribution < -0.4 is 5.63 Å². The van der Waals surface area contributed by atoms with Crippen molar-refractivity contribution in [1.82, 2.24) is 0 Å². The third kappa shape index (κ3) is 2.44. The Labute approximate surface area is 78.6 Å². The van der Waals surface area contributed by atoms with Crippen LogP contribution in [0.1, 0.15) is 37.8 Å². The maximum absolute atomic E-state index is 11.3. The second kappa shape index (κ2) is 4.85. The van der Waals surface area contributed by atoms with Crippen molar-refractivity contribution in [1.29, 1.82) is 0 Å². The fourth-order valence-electron chi connectivity index (χ4n) is 1.50. The molecule has 0 spiro atoms. The Morgan fingerprint density at radius 2 is 1.92 bits per heavy atom. The molecule has 0 bridgehead atoms. The lowest BCUT2D eigenvalue weighted by atomic mass is 10.0. The predicted octanol–water partition coefficient (Wildman–Crippen LogP) is 2.54. The van der Waals surface area contributed by atoms with Crippen molar-refractivity contribution in [3.05, 3.63) is 33.9 Å². The fraction of sp³-hybridized carbons (Fsp3) is 0.545. The number of hydrogen-bond acceptors (Lipinski definition) is 2. The second-order valence-electron chi connectivity index (χ2n) is 3.21. The Morgan fingerprint density at radius 1 is 1.23 bits per heavy atom. The van der Waals surface area contributed by atoms with E-state index in [0.29, 0.717) is 0 Å². The largest absolute Gasteiger partial charge is 0.431 e. The highest BCUT2D eigenvalue weighted by atomic mass is 16.4. The van der Waals surface area contributed by atoms with E-state index < -0.39 is 0 Å². The Balaban J connectivity index is 3.02. The minimum absolute atomic E-state index is 0.159. The van der Waals surface area contributed by atoms with Gasteiger partial charge in [0.1, 0.15) is 0 Å². The van der Waals surface area contributed by atoms with E-state index in [2.05, 4.69) is 13.8 Å². The van der Waals surface area contributed by atoms with Gasteiger partial charge in [-0.25, -0.2) is 4.79 Å². The molecule has 1 heterocycles. The zero-order chi connectivity index (χ0) is 9.68. The van der Waals surface area contributed by atoms with E-state index in [-0.39, 0.29) is 5.63 Å². The first kappa shape index (κ1) is 10.0. The molecule has 72 valence electrons. The molecule has 0 aliphatic heterocycles. The van der Waals surface area contributed by atoms with E-state index >= 15 is 0 Å². The first-order valence-electron chi connectivity index (χ1n) is 4.89. The molecular formula is C11H16O2. The van der Waals surface area contributed by atoms with Crippen LogP contribution >= 0.6 is 0 Å². The molecule has 0 saturated carbocycles. The van der Waals surface area contributed by atoms with E-state index in [9.17, 15) is 4.79 Å². The first-order chi connectivity index (χ1) is 6.29. The van der Waals surface area contributed by atoms with Gasteiger partial charge >= 0.3 is 5.63 Å². The van der Waals surface area contributed by atoms with Gasteiger partial charge in [-0.3, -0.25) is 0 Å². The standard InChI is InChI=1S/C11H16O2/c1-3-5-9-7-8-13-11(12)10(9)6-4-2/h7-8H,3-6H2,1-2H3. The molecule has 13 heavy (non-hydrogen) atoms. The molecule has 0 aromatic carbocycles. The van der Waals surface area contributed by atoms with Gasteiger partial charge in [0.05, 0.1) is 6.26 Å². The molecule has 0 radical (unpaired) electrons. The van der Waals surface area contributed by atoms with Crippen molar-refractivity contribution in [2.45, 2.75) is 39.5 Å². The van der Waals surface area contributed by atoms with Crippen LogP contribution in [0.15, 0.2) is 21.5 Å². The van der Waals surface area contributed by atoms with Gasteiger partial charge in [0.15, 0.2) is 0 Å². The molecule has 0 aliphatic rings. The molecule has 0 atom stereocenters. The van der Waals surface area contributed by atoms with Crippen LogP contribution in [0.4, 0.5) is 0 Å². The van der Waals surface area contributed by atoms with E-state index in [0.717, 1.165) is 36.8 Å². The quantitative estimate of drug-likeness (QED) is 0.712. The molecule has 0 unspecified atom stereocenters. The summed E-state index contributed by atoms with van der Waals surface area (Å²) in [6.07, 6.45) is 5.36. The van der Waals surface area contributed by atoms with Gasteiger partial charge in [-0.15, -0.1) is 0 Å². The van der Waals surface area contributed by atoms with Crippen LogP contribution in [0.3, 0.4) is 0 Å². The van der Waals surface area contributed by atoms with Crippen molar-refractivity contribution < 1.29 is 4.42 Å². The highest BCUT2D eigenvalue weighted by Crippen LogP contribution is 2.08. The molecular weight excluding hydrogens is 164 g/mol. The van der Waals surface area contributed by atoms with E-state index in [1.807, 2.05) is 6.07 Å². The van der Waals surface area contributed by atoms with Gasteiger partial charge in [0, 0.05) is 5.56 Å². The summed E-state index contributed by atoms with van der Waals surface area (Å²) in [6.45, 7) is 4.19. The summed E-state index contributed by atoms with van der Waals surface area (Å²) in [5.41, 5.74) is 1.86. The highest BCUT2D eigenvalue weighted by molar-refractivity contribution is 5.22. The normalized spacial score (nSPS) is 10.3. The first-order valence-corrected chi connectivity index (χ1v) is 4.89. The van der Waals surface area contributed by atoms with Crippen molar-refractivity contribution in [2.24, 2.45) is 0 Å². The minimum Gasteiger partial charge on any atom is -0.431 e. The van der Waals surface area contributed by atoms with E-state index in [1.165, 1.54) is 6.26 Å². The zero-order valence-electron chi connectivity index (χ0n) is 8.30. The van der Waals surface area contributed by atoms with Crippen molar-refractivity contribution in [2.75, 3.05) is 0 Å². The van der Waals surface area contributed by atoms with Crippen LogP contribution in [0.5, 0.6) is 0 Å². The summed E-state index contributed by atoms with van der Waals surface area (Å²) in [4.78, 5) is 11.3. The van der Waals surface area contributed by atoms with E-state index in [4.69, 9.17) is 4.42 Å². The zero-order valence-corrected chi connectivity index (χ0v) is 8.30. The fourth-order valence-corrected chi connectivity index (χ4v) is 1.50. The van der Waals surface area contributed by atoms with Gasteiger partial charge in [-0.1, -0.05) is 26.7 Å². The number of rotatable bonds is 4. The summed E-state index contributed by atoms with van der Waals surface area (Å²) >= 11 is 0. The lowest BCUT2D eigenvalue weighted by Crippen LogP contribution is -2.10. The van der Waals surface area contributed by atoms with Gasteiger partial charge in [0.2, 0.25) is 0 Å². The Morgan fingerprint density at radius 3 is 2.54 bits per heavy atom. The summed E-state index contributed by atoms with van der Waals surface area (Å²) in [5.74, 6) is 0. The van der Waals surface area contributed by atoms with Crippen LogP contribution in [-0.4, -0.2) is 0 Å². The SMILES string of the molecule is CCCc1ccoc(=O)c1CCC. The highest BCUT2D eigenvalue weighted by Gasteiger charge is 2.05. The molecule has 0 saturated heterocycles. The number of aryl methyl sites for hydroxylation is 1. The second-order valence-corrected chi connectivity index (χ2v) is 3.21. The Bertz CT molecular complexity index is 312. The molecule has 1 aromatic heterocycles. The maximum Gasteiger partial charge on any atom is 0.339 e. The third-order valence-corrected chi connectivity index (χ3v) is 2.10. The van der Waals surface area contributed by atoms with Gasteiger partial charge < -0.3 is 4.42 Å². The van der Waals surface area contributed by atoms with Gasteiger partial charge in [-0.05, 0) is 24.5 Å². The average molecular weight is 180 g/mol. The van der Waals surface area contributed by atoms with Crippen LogP contribution in [-0.2, 0) is 12.8 Å². The van der Waals surface area contributed by atoms with Crippen LogP contribution in [0.25, 0.3) is 0 Å². The van der Waals surface area contributed by atoms with Crippen molar-refractivity contribution >= 4 is 0 Å². The van der Waals surface area contributed by atoms with Crippen molar-refractivity contribution in [3.8, 4) is 0 Å². The molecule has 1 aromatic rings. The lowest BCUT2D eigenvalue weighted by Gasteiger charge is -2.04. The smallest absolute Gasteiger partial charge is 0.339 e. The average Bonchev–Trinajstić information content (AvgIpc) is 2.11. The molecule has 0 N–H and O–H groups in total. The molecule has 0 aliphatic carbocycles. The molecule has 0 fully saturated rings. The molecule has 0 amide bonds. The van der Waals surface area contributed by atoms with E-state index in [1.54, 1.807) is 0 Å². The predicted molar refractivity (Wildman–Crippen MR) is 53.0 cm³/mol. The number of hydrogen-bond donors (Lipinski definition) is 0. The third-order valence-electron chi connectivity index (χ3n) is 2.10. The maximum atomic E-state index is 11.3. The van der Waals surface area contributed by atoms with Crippen molar-refractivity contribution in [3.63, 3.8) is 0 Å². The summed E-state index contributed by atoms with van der Waals surface area (Å²) < 4.78 is 4.84. The topological polar surface area (TPSA) is 30.2 Å². The Kier molecular flexibility index (Phi) is 3.74. The summed E-state index contributed by atoms with van der Waals surface area (Å²) in [6, 6.07) is 1.91.